The Morgan fingerprint density at radius 2 is 2.27 bits per heavy atom. The van der Waals surface area contributed by atoms with E-state index in [0.29, 0.717) is 18.2 Å². The number of halogens is 1. The highest BCUT2D eigenvalue weighted by atomic mass is 35.5. The third kappa shape index (κ3) is 4.16. The fourth-order valence-electron chi connectivity index (χ4n) is 0.998. The molecule has 2 N–H and O–H groups in total. The second-order valence-corrected chi connectivity index (χ2v) is 3.37. The van der Waals surface area contributed by atoms with Crippen molar-refractivity contribution < 1.29 is 9.53 Å². The highest BCUT2D eigenvalue weighted by molar-refractivity contribution is 6.17. The van der Waals surface area contributed by atoms with Crippen LogP contribution >= 0.6 is 11.6 Å². The fourth-order valence-corrected chi connectivity index (χ4v) is 1.19. The molecule has 1 aromatic rings. The first kappa shape index (κ1) is 11.8. The Bertz CT molecular complexity index is 314. The van der Waals surface area contributed by atoms with Crippen LogP contribution in [0.3, 0.4) is 0 Å². The zero-order valence-corrected chi connectivity index (χ0v) is 9.04. The molecule has 82 valence electrons. The van der Waals surface area contributed by atoms with Gasteiger partial charge in [-0.2, -0.15) is 0 Å². The van der Waals surface area contributed by atoms with Crippen LogP contribution in [0, 0.1) is 0 Å². The van der Waals surface area contributed by atoms with E-state index in [4.69, 9.17) is 22.1 Å². The summed E-state index contributed by atoms with van der Waals surface area (Å²) in [5.41, 5.74) is 5.29. The molecule has 0 atom stereocenters. The number of hydrogen-bond donors (Lipinski definition) is 1. The van der Waals surface area contributed by atoms with Gasteiger partial charge < -0.3 is 10.5 Å². The van der Waals surface area contributed by atoms with Crippen molar-refractivity contribution in [1.82, 2.24) is 4.98 Å². The number of ether oxygens (including phenoxy) is 1. The number of primary amides is 1. The smallest absolute Gasteiger partial charge is 0.267 e. The van der Waals surface area contributed by atoms with E-state index in [-0.39, 0.29) is 5.69 Å². The van der Waals surface area contributed by atoms with Gasteiger partial charge in [-0.25, -0.2) is 4.98 Å². The zero-order valence-electron chi connectivity index (χ0n) is 8.28. The second-order valence-electron chi connectivity index (χ2n) is 2.99. The molecule has 0 aliphatic rings. The number of hydrogen-bond acceptors (Lipinski definition) is 3. The van der Waals surface area contributed by atoms with E-state index in [1.807, 2.05) is 0 Å². The van der Waals surface area contributed by atoms with Crippen molar-refractivity contribution in [1.29, 1.82) is 0 Å². The van der Waals surface area contributed by atoms with E-state index in [0.717, 1.165) is 12.8 Å². The second kappa shape index (κ2) is 6.24. The fraction of sp³-hybridized carbons (Fsp3) is 0.400. The van der Waals surface area contributed by atoms with E-state index >= 15 is 0 Å². The third-order valence-corrected chi connectivity index (χ3v) is 2.05. The van der Waals surface area contributed by atoms with E-state index in [9.17, 15) is 4.79 Å². The summed E-state index contributed by atoms with van der Waals surface area (Å²) in [6, 6.07) is 3.22. The van der Waals surface area contributed by atoms with Crippen LogP contribution in [0.25, 0.3) is 0 Å². The molecule has 0 saturated heterocycles. The number of carbonyl (C=O) groups is 1. The quantitative estimate of drug-likeness (QED) is 0.594. The summed E-state index contributed by atoms with van der Waals surface area (Å²) in [5, 5.41) is 0. The van der Waals surface area contributed by atoms with Gasteiger partial charge in [0.1, 0.15) is 11.4 Å². The minimum Gasteiger partial charge on any atom is -0.492 e. The number of aromatic nitrogens is 1. The SMILES string of the molecule is NC(=O)c1ccc(OCCCCCl)cn1. The molecule has 0 aromatic carbocycles. The van der Waals surface area contributed by atoms with Gasteiger partial charge in [-0.3, -0.25) is 4.79 Å². The lowest BCUT2D eigenvalue weighted by Crippen LogP contribution is -2.12. The molecule has 0 spiro atoms. The van der Waals surface area contributed by atoms with Crippen LogP contribution in [-0.2, 0) is 0 Å². The molecule has 1 amide bonds. The molecule has 1 rings (SSSR count). The van der Waals surface area contributed by atoms with Crippen LogP contribution in [0.5, 0.6) is 5.75 Å². The molecule has 1 heterocycles. The predicted molar refractivity (Wildman–Crippen MR) is 58.2 cm³/mol. The summed E-state index contributed by atoms with van der Waals surface area (Å²) in [6.45, 7) is 0.602. The largest absolute Gasteiger partial charge is 0.492 e. The molecule has 0 unspecified atom stereocenters. The van der Waals surface area contributed by atoms with Gasteiger partial charge in [-0.05, 0) is 25.0 Å². The monoisotopic (exact) mass is 228 g/mol. The number of unbranched alkanes of at least 4 members (excludes halogenated alkanes) is 1. The minimum absolute atomic E-state index is 0.239. The number of alkyl halides is 1. The maximum atomic E-state index is 10.7. The van der Waals surface area contributed by atoms with Crippen molar-refractivity contribution in [2.75, 3.05) is 12.5 Å². The Kier molecular flexibility index (Phi) is 4.90. The van der Waals surface area contributed by atoms with Crippen molar-refractivity contribution in [2.45, 2.75) is 12.8 Å². The number of nitrogens with two attached hydrogens (primary N) is 1. The molecule has 0 fully saturated rings. The third-order valence-electron chi connectivity index (χ3n) is 1.79. The van der Waals surface area contributed by atoms with Crippen LogP contribution in [0.15, 0.2) is 18.3 Å². The first-order valence-corrected chi connectivity index (χ1v) is 5.22. The van der Waals surface area contributed by atoms with Crippen molar-refractivity contribution in [3.8, 4) is 5.75 Å². The lowest BCUT2D eigenvalue weighted by Gasteiger charge is -2.04. The van der Waals surface area contributed by atoms with Crippen molar-refractivity contribution >= 4 is 17.5 Å². The van der Waals surface area contributed by atoms with Crippen LogP contribution < -0.4 is 10.5 Å². The zero-order chi connectivity index (χ0) is 11.1. The Hall–Kier alpha value is -1.29. The predicted octanol–water partition coefficient (Wildman–Crippen LogP) is 1.58. The van der Waals surface area contributed by atoms with E-state index in [1.165, 1.54) is 6.20 Å². The highest BCUT2D eigenvalue weighted by Gasteiger charge is 2.01. The maximum Gasteiger partial charge on any atom is 0.267 e. The summed E-state index contributed by atoms with van der Waals surface area (Å²) in [5.74, 6) is 0.737. The topological polar surface area (TPSA) is 65.2 Å². The first-order chi connectivity index (χ1) is 7.24. The minimum atomic E-state index is -0.538. The van der Waals surface area contributed by atoms with Gasteiger partial charge in [0.15, 0.2) is 0 Å². The number of nitrogens with zero attached hydrogens (tertiary/aromatic N) is 1. The average molecular weight is 229 g/mol. The van der Waals surface area contributed by atoms with Crippen molar-refractivity contribution in [2.24, 2.45) is 5.73 Å². The van der Waals surface area contributed by atoms with Gasteiger partial charge >= 0.3 is 0 Å². The Balaban J connectivity index is 2.39. The summed E-state index contributed by atoms with van der Waals surface area (Å²) in [7, 11) is 0. The highest BCUT2D eigenvalue weighted by Crippen LogP contribution is 2.09. The normalized spacial score (nSPS) is 9.93. The van der Waals surface area contributed by atoms with Gasteiger partial charge in [-0.15, -0.1) is 11.6 Å². The molecule has 5 heteroatoms. The van der Waals surface area contributed by atoms with Gasteiger partial charge in [0, 0.05) is 5.88 Å². The van der Waals surface area contributed by atoms with Crippen molar-refractivity contribution in [3.05, 3.63) is 24.0 Å². The molecule has 0 aliphatic carbocycles. The molecule has 1 aromatic heterocycles. The molecular formula is C10H13ClN2O2. The maximum absolute atomic E-state index is 10.7. The number of carbonyl (C=O) groups excluding carboxylic acids is 1. The molecule has 0 bridgehead atoms. The number of rotatable bonds is 6. The lowest BCUT2D eigenvalue weighted by molar-refractivity contribution is 0.0995. The first-order valence-electron chi connectivity index (χ1n) is 4.68. The molecule has 15 heavy (non-hydrogen) atoms. The Labute approximate surface area is 93.4 Å². The van der Waals surface area contributed by atoms with Gasteiger partial charge in [0.25, 0.3) is 5.91 Å². The Morgan fingerprint density at radius 1 is 1.47 bits per heavy atom. The number of pyridine rings is 1. The number of amides is 1. The van der Waals surface area contributed by atoms with E-state index < -0.39 is 5.91 Å². The van der Waals surface area contributed by atoms with E-state index in [1.54, 1.807) is 12.1 Å². The summed E-state index contributed by atoms with van der Waals surface area (Å²) < 4.78 is 5.37. The summed E-state index contributed by atoms with van der Waals surface area (Å²) >= 11 is 5.52. The van der Waals surface area contributed by atoms with Crippen LogP contribution in [0.4, 0.5) is 0 Å². The van der Waals surface area contributed by atoms with Gasteiger partial charge in [0.2, 0.25) is 0 Å². The summed E-state index contributed by atoms with van der Waals surface area (Å²) in [6.07, 6.45) is 3.32. The molecule has 0 saturated carbocycles. The molecule has 0 aliphatic heterocycles. The lowest BCUT2D eigenvalue weighted by atomic mass is 10.3. The average Bonchev–Trinajstić information content (AvgIpc) is 2.25. The Morgan fingerprint density at radius 3 is 2.80 bits per heavy atom. The van der Waals surface area contributed by atoms with Crippen LogP contribution in [0.2, 0.25) is 0 Å². The standard InChI is InChI=1S/C10H13ClN2O2/c11-5-1-2-6-15-8-3-4-9(10(12)14)13-7-8/h3-4,7H,1-2,5-6H2,(H2,12,14). The van der Waals surface area contributed by atoms with Gasteiger partial charge in [0.05, 0.1) is 12.8 Å². The van der Waals surface area contributed by atoms with Crippen LogP contribution in [0.1, 0.15) is 23.3 Å². The molecular weight excluding hydrogens is 216 g/mol. The van der Waals surface area contributed by atoms with E-state index in [2.05, 4.69) is 4.98 Å². The summed E-state index contributed by atoms with van der Waals surface area (Å²) in [4.78, 5) is 14.6. The molecule has 0 radical (unpaired) electrons. The van der Waals surface area contributed by atoms with Gasteiger partial charge in [-0.1, -0.05) is 0 Å². The molecule has 4 nitrogen and oxygen atoms in total. The van der Waals surface area contributed by atoms with Crippen molar-refractivity contribution in [3.63, 3.8) is 0 Å². The van der Waals surface area contributed by atoms with Crippen LogP contribution in [-0.4, -0.2) is 23.4 Å².